The van der Waals surface area contributed by atoms with Gasteiger partial charge in [-0.3, -0.25) is 9.59 Å². The van der Waals surface area contributed by atoms with Gasteiger partial charge >= 0.3 is 0 Å². The van der Waals surface area contributed by atoms with Crippen LogP contribution in [0.25, 0.3) is 0 Å². The van der Waals surface area contributed by atoms with Gasteiger partial charge in [-0.05, 0) is 38.1 Å². The molecule has 0 saturated carbocycles. The normalized spacial score (nSPS) is 20.0. The van der Waals surface area contributed by atoms with Crippen LogP contribution < -0.4 is 0 Å². The van der Waals surface area contributed by atoms with Crippen LogP contribution >= 0.6 is 0 Å². The van der Waals surface area contributed by atoms with Crippen molar-refractivity contribution in [3.05, 3.63) is 35.4 Å². The fourth-order valence-electron chi connectivity index (χ4n) is 3.43. The molecular formula is C18H23F2N3O2. The summed E-state index contributed by atoms with van der Waals surface area (Å²) < 4.78 is 26.3. The number of carbonyl (C=O) groups is 2. The van der Waals surface area contributed by atoms with Crippen LogP contribution in [0.4, 0.5) is 8.78 Å². The fourth-order valence-corrected chi connectivity index (χ4v) is 3.43. The lowest BCUT2D eigenvalue weighted by molar-refractivity contribution is -0.138. The summed E-state index contributed by atoms with van der Waals surface area (Å²) in [5.74, 6) is -2.19. The highest BCUT2D eigenvalue weighted by atomic mass is 19.2. The van der Waals surface area contributed by atoms with Gasteiger partial charge in [-0.25, -0.2) is 8.78 Å². The Kier molecular flexibility index (Phi) is 5.32. The van der Waals surface area contributed by atoms with E-state index >= 15 is 0 Å². The maximum atomic E-state index is 13.3. The minimum absolute atomic E-state index is 0.0580. The number of halogens is 2. The van der Waals surface area contributed by atoms with Gasteiger partial charge in [0, 0.05) is 50.7 Å². The highest BCUT2D eigenvalue weighted by Crippen LogP contribution is 2.22. The standard InChI is InChI=1S/C18H23F2N3O2/c1-21-8-10-23(11-9-21)17(24)13-4-6-22(7-5-13)18(25)14-2-3-15(19)16(20)12-14/h2-3,12-13H,4-11H2,1H3. The lowest BCUT2D eigenvalue weighted by Crippen LogP contribution is -2.51. The summed E-state index contributed by atoms with van der Waals surface area (Å²) in [4.78, 5) is 30.7. The minimum Gasteiger partial charge on any atom is -0.340 e. The molecular weight excluding hydrogens is 328 g/mol. The minimum atomic E-state index is -1.02. The second kappa shape index (κ2) is 7.47. The zero-order chi connectivity index (χ0) is 18.0. The van der Waals surface area contributed by atoms with Crippen LogP contribution in [0.2, 0.25) is 0 Å². The number of amides is 2. The molecule has 0 radical (unpaired) electrons. The van der Waals surface area contributed by atoms with Gasteiger partial charge in [-0.1, -0.05) is 0 Å². The highest BCUT2D eigenvalue weighted by molar-refractivity contribution is 5.94. The first-order valence-corrected chi connectivity index (χ1v) is 8.67. The summed E-state index contributed by atoms with van der Waals surface area (Å²) in [7, 11) is 2.05. The summed E-state index contributed by atoms with van der Waals surface area (Å²) in [5, 5.41) is 0. The molecule has 2 aliphatic rings. The topological polar surface area (TPSA) is 43.9 Å². The number of benzene rings is 1. The van der Waals surface area contributed by atoms with E-state index in [1.54, 1.807) is 4.90 Å². The Labute approximate surface area is 146 Å². The van der Waals surface area contributed by atoms with Gasteiger partial charge in [0.25, 0.3) is 5.91 Å². The molecule has 2 fully saturated rings. The van der Waals surface area contributed by atoms with Crippen LogP contribution in [0.1, 0.15) is 23.2 Å². The maximum absolute atomic E-state index is 13.3. The molecule has 0 atom stereocenters. The number of hydrogen-bond donors (Lipinski definition) is 0. The lowest BCUT2D eigenvalue weighted by Gasteiger charge is -2.37. The molecule has 1 aromatic carbocycles. The Bertz CT molecular complexity index is 652. The second-order valence-electron chi connectivity index (χ2n) is 6.82. The third-order valence-corrected chi connectivity index (χ3v) is 5.11. The van der Waals surface area contributed by atoms with Gasteiger partial charge in [0.15, 0.2) is 11.6 Å². The highest BCUT2D eigenvalue weighted by Gasteiger charge is 2.31. The Morgan fingerprint density at radius 3 is 2.16 bits per heavy atom. The molecule has 3 rings (SSSR count). The molecule has 0 aromatic heterocycles. The van der Waals surface area contributed by atoms with E-state index in [9.17, 15) is 18.4 Å². The Hall–Kier alpha value is -2.02. The third-order valence-electron chi connectivity index (χ3n) is 5.11. The molecule has 2 heterocycles. The van der Waals surface area contributed by atoms with E-state index < -0.39 is 11.6 Å². The third kappa shape index (κ3) is 3.98. The predicted octanol–water partition coefficient (Wildman–Crippen LogP) is 1.59. The average Bonchev–Trinajstić information content (AvgIpc) is 2.63. The number of piperidine rings is 1. The van der Waals surface area contributed by atoms with E-state index in [0.717, 1.165) is 38.3 Å². The summed E-state index contributed by atoms with van der Waals surface area (Å²) in [6.45, 7) is 4.20. The number of carbonyl (C=O) groups excluding carboxylic acids is 2. The van der Waals surface area contributed by atoms with E-state index in [1.165, 1.54) is 6.07 Å². The largest absolute Gasteiger partial charge is 0.340 e. The van der Waals surface area contributed by atoms with Crippen molar-refractivity contribution in [3.63, 3.8) is 0 Å². The molecule has 25 heavy (non-hydrogen) atoms. The quantitative estimate of drug-likeness (QED) is 0.813. The van der Waals surface area contributed by atoms with Crippen LogP contribution in [0.5, 0.6) is 0 Å². The zero-order valence-electron chi connectivity index (χ0n) is 14.4. The summed E-state index contributed by atoms with van der Waals surface area (Å²) in [6.07, 6.45) is 1.22. The zero-order valence-corrected chi connectivity index (χ0v) is 14.4. The molecule has 0 aliphatic carbocycles. The number of rotatable bonds is 2. The van der Waals surface area contributed by atoms with Crippen LogP contribution in [0.15, 0.2) is 18.2 Å². The lowest BCUT2D eigenvalue weighted by atomic mass is 9.94. The molecule has 2 aliphatic heterocycles. The Balaban J connectivity index is 1.55. The van der Waals surface area contributed by atoms with Gasteiger partial charge in [-0.2, -0.15) is 0 Å². The van der Waals surface area contributed by atoms with Crippen molar-refractivity contribution in [1.29, 1.82) is 0 Å². The van der Waals surface area contributed by atoms with E-state index in [4.69, 9.17) is 0 Å². The smallest absolute Gasteiger partial charge is 0.253 e. The number of likely N-dealkylation sites (tertiary alicyclic amines) is 1. The Morgan fingerprint density at radius 2 is 1.56 bits per heavy atom. The van der Waals surface area contributed by atoms with Crippen LogP contribution in [0, 0.1) is 17.6 Å². The molecule has 7 heteroatoms. The SMILES string of the molecule is CN1CCN(C(=O)C2CCN(C(=O)c3ccc(F)c(F)c3)CC2)CC1. The summed E-state index contributed by atoms with van der Waals surface area (Å²) in [6, 6.07) is 3.19. The molecule has 0 unspecified atom stereocenters. The van der Waals surface area contributed by atoms with Crippen molar-refractivity contribution in [2.75, 3.05) is 46.3 Å². The molecule has 0 spiro atoms. The van der Waals surface area contributed by atoms with E-state index in [2.05, 4.69) is 4.90 Å². The van der Waals surface area contributed by atoms with Crippen molar-refractivity contribution in [2.24, 2.45) is 5.92 Å². The van der Waals surface area contributed by atoms with Gasteiger partial charge in [0.2, 0.25) is 5.91 Å². The fraction of sp³-hybridized carbons (Fsp3) is 0.556. The van der Waals surface area contributed by atoms with Gasteiger partial charge in [-0.15, -0.1) is 0 Å². The molecule has 0 N–H and O–H groups in total. The van der Waals surface area contributed by atoms with E-state index in [1.807, 2.05) is 11.9 Å². The summed E-state index contributed by atoms with van der Waals surface area (Å²) in [5.41, 5.74) is 0.141. The summed E-state index contributed by atoms with van der Waals surface area (Å²) >= 11 is 0. The monoisotopic (exact) mass is 351 g/mol. The van der Waals surface area contributed by atoms with Crippen molar-refractivity contribution in [1.82, 2.24) is 14.7 Å². The molecule has 0 bridgehead atoms. The van der Waals surface area contributed by atoms with Crippen molar-refractivity contribution in [2.45, 2.75) is 12.8 Å². The average molecular weight is 351 g/mol. The van der Waals surface area contributed by atoms with Crippen LogP contribution in [-0.2, 0) is 4.79 Å². The first-order valence-electron chi connectivity index (χ1n) is 8.67. The first-order chi connectivity index (χ1) is 12.0. The van der Waals surface area contributed by atoms with Crippen molar-refractivity contribution < 1.29 is 18.4 Å². The maximum Gasteiger partial charge on any atom is 0.253 e. The second-order valence-corrected chi connectivity index (χ2v) is 6.82. The number of nitrogens with zero attached hydrogens (tertiary/aromatic N) is 3. The molecule has 5 nitrogen and oxygen atoms in total. The number of hydrogen-bond acceptors (Lipinski definition) is 3. The number of likely N-dealkylation sites (N-methyl/N-ethyl adjacent to an activating group) is 1. The van der Waals surface area contributed by atoms with Gasteiger partial charge in [0.05, 0.1) is 0 Å². The molecule has 2 saturated heterocycles. The van der Waals surface area contributed by atoms with Gasteiger partial charge < -0.3 is 14.7 Å². The number of piperazine rings is 1. The molecule has 2 amide bonds. The van der Waals surface area contributed by atoms with Crippen LogP contribution in [0.3, 0.4) is 0 Å². The van der Waals surface area contributed by atoms with E-state index in [-0.39, 0.29) is 23.3 Å². The van der Waals surface area contributed by atoms with Gasteiger partial charge in [0.1, 0.15) is 0 Å². The van der Waals surface area contributed by atoms with Crippen molar-refractivity contribution in [3.8, 4) is 0 Å². The van der Waals surface area contributed by atoms with Crippen LogP contribution in [-0.4, -0.2) is 72.8 Å². The predicted molar refractivity (Wildman–Crippen MR) is 89.1 cm³/mol. The molecule has 1 aromatic rings. The molecule has 136 valence electrons. The first kappa shape index (κ1) is 17.8. The van der Waals surface area contributed by atoms with E-state index in [0.29, 0.717) is 25.9 Å². The Morgan fingerprint density at radius 1 is 0.920 bits per heavy atom. The van der Waals surface area contributed by atoms with Crippen molar-refractivity contribution >= 4 is 11.8 Å².